The van der Waals surface area contributed by atoms with E-state index in [4.69, 9.17) is 18.9 Å². The lowest BCUT2D eigenvalue weighted by Gasteiger charge is -2.26. The summed E-state index contributed by atoms with van der Waals surface area (Å²) < 4.78 is 22.9. The second-order valence-electron chi connectivity index (χ2n) is 30.5. The Morgan fingerprint density at radius 2 is 0.557 bits per heavy atom. The van der Waals surface area contributed by atoms with Crippen LogP contribution in [-0.4, -0.2) is 82.3 Å². The number of allylic oxidation sites excluding steroid dienone is 8. The minimum Gasteiger partial charge on any atom is -0.545 e. The molecule has 0 aromatic rings. The lowest BCUT2D eigenvalue weighted by molar-refractivity contribution is -0.870. The van der Waals surface area contributed by atoms with Crippen molar-refractivity contribution in [1.29, 1.82) is 0 Å². The number of unbranched alkanes of at least 4 members (excludes halogenated alkanes) is 58. The van der Waals surface area contributed by atoms with Crippen LogP contribution >= 0.6 is 0 Å². The molecule has 0 aliphatic heterocycles. The first-order chi connectivity index (χ1) is 47.6. The molecule has 0 aliphatic rings. The van der Waals surface area contributed by atoms with Gasteiger partial charge in [0.15, 0.2) is 12.4 Å². The molecule has 0 fully saturated rings. The quantitative estimate of drug-likeness (QED) is 0.0195. The number of rotatable bonds is 81. The molecule has 0 amide bonds. The monoisotopic (exact) mass is 1360 g/mol. The maximum Gasteiger partial charge on any atom is 0.306 e. The van der Waals surface area contributed by atoms with E-state index in [1.54, 1.807) is 0 Å². The van der Waals surface area contributed by atoms with Gasteiger partial charge < -0.3 is 33.3 Å². The number of ether oxygens (including phenoxy) is 4. The van der Waals surface area contributed by atoms with Crippen LogP contribution in [0.4, 0.5) is 0 Å². The lowest BCUT2D eigenvalue weighted by atomic mass is 10.0. The van der Waals surface area contributed by atoms with Crippen LogP contribution in [0, 0.1) is 0 Å². The number of esters is 2. The Kier molecular flexibility index (Phi) is 76.7. The van der Waals surface area contributed by atoms with Gasteiger partial charge in [-0.3, -0.25) is 9.59 Å². The van der Waals surface area contributed by atoms with Crippen molar-refractivity contribution in [2.75, 3.05) is 47.5 Å². The molecule has 9 nitrogen and oxygen atoms in total. The highest BCUT2D eigenvalue weighted by atomic mass is 16.7. The summed E-state index contributed by atoms with van der Waals surface area (Å²) in [6.45, 7) is 4.81. The molecular formula is C88H165NO8. The van der Waals surface area contributed by atoms with Gasteiger partial charge in [-0.05, 0) is 77.0 Å². The van der Waals surface area contributed by atoms with Gasteiger partial charge in [-0.2, -0.15) is 0 Å². The average molecular weight is 1370 g/mol. The topological polar surface area (TPSA) is 111 Å². The van der Waals surface area contributed by atoms with E-state index in [2.05, 4.69) is 62.5 Å². The number of aliphatic carboxylic acids is 1. The van der Waals surface area contributed by atoms with Crippen LogP contribution in [0.15, 0.2) is 48.6 Å². The first-order valence-corrected chi connectivity index (χ1v) is 42.8. The Bertz CT molecular complexity index is 1730. The molecule has 0 aliphatic carbocycles. The first-order valence-electron chi connectivity index (χ1n) is 42.8. The van der Waals surface area contributed by atoms with Crippen LogP contribution in [0.25, 0.3) is 0 Å². The number of carbonyl (C=O) groups excluding carboxylic acids is 3. The van der Waals surface area contributed by atoms with Gasteiger partial charge in [0.2, 0.25) is 0 Å². The van der Waals surface area contributed by atoms with E-state index in [-0.39, 0.29) is 32.2 Å². The summed E-state index contributed by atoms with van der Waals surface area (Å²) in [5.74, 6) is -2.25. The van der Waals surface area contributed by atoms with Crippen molar-refractivity contribution in [3.05, 3.63) is 48.6 Å². The minimum absolute atomic E-state index is 0.151. The van der Waals surface area contributed by atoms with Gasteiger partial charge in [0.05, 0.1) is 40.3 Å². The molecule has 570 valence electrons. The van der Waals surface area contributed by atoms with E-state index in [0.717, 1.165) is 51.4 Å². The van der Waals surface area contributed by atoms with Crippen molar-refractivity contribution in [3.8, 4) is 0 Å². The zero-order valence-corrected chi connectivity index (χ0v) is 65.5. The van der Waals surface area contributed by atoms with Crippen LogP contribution in [0.5, 0.6) is 0 Å². The van der Waals surface area contributed by atoms with Crippen molar-refractivity contribution in [1.82, 2.24) is 0 Å². The summed E-state index contributed by atoms with van der Waals surface area (Å²) in [4.78, 5) is 37.7. The smallest absolute Gasteiger partial charge is 0.306 e. The molecule has 0 heterocycles. The Morgan fingerprint density at radius 3 is 0.814 bits per heavy atom. The highest BCUT2D eigenvalue weighted by molar-refractivity contribution is 5.70. The highest BCUT2D eigenvalue weighted by Gasteiger charge is 2.22. The molecule has 0 bridgehead atoms. The van der Waals surface area contributed by atoms with Crippen LogP contribution < -0.4 is 5.11 Å². The van der Waals surface area contributed by atoms with Gasteiger partial charge in [0.25, 0.3) is 0 Å². The molecule has 0 N–H and O–H groups in total. The molecule has 9 heteroatoms. The Hall–Kier alpha value is -2.75. The number of hydrogen-bond donors (Lipinski definition) is 0. The predicted octanol–water partition coefficient (Wildman–Crippen LogP) is 26.3. The number of nitrogens with zero attached hydrogens (tertiary/aromatic N) is 1. The second kappa shape index (κ2) is 79.0. The van der Waals surface area contributed by atoms with E-state index in [9.17, 15) is 19.5 Å². The summed E-state index contributed by atoms with van der Waals surface area (Å²) in [6, 6.07) is 0. The fourth-order valence-electron chi connectivity index (χ4n) is 13.0. The molecular weight excluding hydrogens is 1200 g/mol. The molecule has 0 spiro atoms. The first kappa shape index (κ1) is 94.2. The Labute approximate surface area is 603 Å². The normalized spacial score (nSPS) is 12.8. The third kappa shape index (κ3) is 80.4. The summed E-state index contributed by atoms with van der Waals surface area (Å²) >= 11 is 0. The highest BCUT2D eigenvalue weighted by Crippen LogP contribution is 2.20. The van der Waals surface area contributed by atoms with Crippen LogP contribution in [0.3, 0.4) is 0 Å². The van der Waals surface area contributed by atoms with Gasteiger partial charge in [-0.15, -0.1) is 0 Å². The molecule has 2 unspecified atom stereocenters. The van der Waals surface area contributed by atoms with Crippen molar-refractivity contribution < 1.29 is 42.9 Å². The van der Waals surface area contributed by atoms with Crippen LogP contribution in [0.2, 0.25) is 0 Å². The van der Waals surface area contributed by atoms with Crippen molar-refractivity contribution in [2.45, 2.75) is 450 Å². The fraction of sp³-hybridized carbons (Fsp3) is 0.875. The SMILES string of the molecule is CCCCCCC/C=C\C/C=C\CCCCCCCCCCCCCCCCCCCCCCCCCCCC(=O)OC(COC(=O)CCCCCCCCCCCCCCCCCCCCCCCCC/C=C\C/C=C\CCCCCCC)COC(OCC[N+](C)(C)C)C(=O)[O-]. The summed E-state index contributed by atoms with van der Waals surface area (Å²) in [5.41, 5.74) is 0. The number of likely N-dealkylation sites (N-methyl/N-ethyl adjacent to an activating group) is 1. The molecule has 0 rings (SSSR count). The zero-order chi connectivity index (χ0) is 70.4. The van der Waals surface area contributed by atoms with Crippen LogP contribution in [0.1, 0.15) is 438 Å². The van der Waals surface area contributed by atoms with Gasteiger partial charge in [-0.1, -0.05) is 396 Å². The molecule has 0 saturated heterocycles. The number of quaternary nitrogens is 1. The second-order valence-corrected chi connectivity index (χ2v) is 30.5. The molecule has 0 aromatic heterocycles. The van der Waals surface area contributed by atoms with Gasteiger partial charge in [0.1, 0.15) is 13.2 Å². The van der Waals surface area contributed by atoms with E-state index in [0.29, 0.717) is 17.4 Å². The van der Waals surface area contributed by atoms with Crippen LogP contribution in [-0.2, 0) is 33.3 Å². The summed E-state index contributed by atoms with van der Waals surface area (Å²) in [6.07, 6.45) is 101. The van der Waals surface area contributed by atoms with Crippen molar-refractivity contribution in [3.63, 3.8) is 0 Å². The fourth-order valence-corrected chi connectivity index (χ4v) is 13.0. The van der Waals surface area contributed by atoms with Gasteiger partial charge >= 0.3 is 11.9 Å². The lowest BCUT2D eigenvalue weighted by Crippen LogP contribution is -2.44. The minimum atomic E-state index is -1.62. The Morgan fingerprint density at radius 1 is 0.309 bits per heavy atom. The maximum absolute atomic E-state index is 13.0. The summed E-state index contributed by atoms with van der Waals surface area (Å²) in [5, 5.41) is 11.9. The molecule has 0 saturated carbocycles. The van der Waals surface area contributed by atoms with E-state index < -0.39 is 24.3 Å². The van der Waals surface area contributed by atoms with Crippen molar-refractivity contribution in [2.24, 2.45) is 0 Å². The Balaban J connectivity index is 3.93. The maximum atomic E-state index is 13.0. The van der Waals surface area contributed by atoms with Crippen molar-refractivity contribution >= 4 is 17.9 Å². The standard InChI is InChI=1S/C88H165NO8/c1-6-8-10-12-14-16-18-20-22-24-26-28-30-32-34-36-38-40-42-43-45-47-49-51-53-55-57-59-61-63-65-67-69-71-73-75-77-79-86(91)97-84(83-96-88(87(92)93)94-81-80-89(3,4)5)82-95-85(90)78-76-74-72-70-68-66-64-62-60-58-56-54-52-50-48-46-44-41-39-37-35-33-31-29-27-25-23-21-19-17-15-13-11-9-7-2/h18-21,24-27,84,88H,6-17,22-23,28-83H2,1-5H3/b20-18-,21-19-,26-24-,27-25-. The number of carboxylic acid groups (broad SMARTS) is 1. The molecule has 0 aromatic carbocycles. The predicted molar refractivity (Wildman–Crippen MR) is 417 cm³/mol. The molecule has 2 atom stereocenters. The van der Waals surface area contributed by atoms with E-state index in [1.165, 1.54) is 360 Å². The number of carbonyl (C=O) groups is 3. The molecule has 0 radical (unpaired) electrons. The zero-order valence-electron chi connectivity index (χ0n) is 65.5. The largest absolute Gasteiger partial charge is 0.545 e. The average Bonchev–Trinajstić information content (AvgIpc) is 3.11. The molecule has 97 heavy (non-hydrogen) atoms. The van der Waals surface area contributed by atoms with E-state index in [1.807, 2.05) is 21.1 Å². The third-order valence-corrected chi connectivity index (χ3v) is 19.5. The van der Waals surface area contributed by atoms with E-state index >= 15 is 0 Å². The third-order valence-electron chi connectivity index (χ3n) is 19.5. The van der Waals surface area contributed by atoms with Gasteiger partial charge in [-0.25, -0.2) is 0 Å². The number of carboxylic acids is 1. The summed E-state index contributed by atoms with van der Waals surface area (Å²) in [7, 11) is 5.96. The number of hydrogen-bond acceptors (Lipinski definition) is 8. The van der Waals surface area contributed by atoms with Gasteiger partial charge in [0, 0.05) is 12.8 Å².